The molecule has 4 rings (SSSR count). The number of hydrogen-bond donors (Lipinski definition) is 4. The zero-order valence-corrected chi connectivity index (χ0v) is 21.2. The van der Waals surface area contributed by atoms with Crippen molar-refractivity contribution in [2.75, 3.05) is 10.8 Å². The summed E-state index contributed by atoms with van der Waals surface area (Å²) in [5.41, 5.74) is 7.26. The molecule has 10 nitrogen and oxygen atoms in total. The Bertz CT molecular complexity index is 1640. The number of nitrogen functional groups attached to an aromatic ring is 1. The molecule has 0 radical (unpaired) electrons. The van der Waals surface area contributed by atoms with E-state index in [0.29, 0.717) is 21.9 Å². The highest BCUT2D eigenvalue weighted by atomic mass is 32.2. The highest BCUT2D eigenvalue weighted by Gasteiger charge is 2.27. The van der Waals surface area contributed by atoms with Gasteiger partial charge in [-0.3, -0.25) is 19.3 Å². The van der Waals surface area contributed by atoms with Gasteiger partial charge in [-0.15, -0.1) is 0 Å². The van der Waals surface area contributed by atoms with Gasteiger partial charge in [-0.05, 0) is 58.8 Å². The molecule has 0 saturated heterocycles. The monoisotopic (exact) mass is 552 g/mol. The van der Waals surface area contributed by atoms with E-state index in [0.717, 1.165) is 34.1 Å². The van der Waals surface area contributed by atoms with Crippen molar-refractivity contribution >= 4 is 44.2 Å². The van der Waals surface area contributed by atoms with Crippen molar-refractivity contribution < 1.29 is 33.0 Å². The maximum Gasteiger partial charge on any atom is 0.324 e. The zero-order chi connectivity index (χ0) is 27.4. The SMILES string of the molecule is N=C(N)c1ccc(CNC(=O)c2cccc3cc(N(CC(=O)O)S(=O)(=O)c4ccc(F)cc4)ccc23)cc1.O. The van der Waals surface area contributed by atoms with Crippen molar-refractivity contribution in [1.29, 1.82) is 5.41 Å². The number of halogens is 1. The molecule has 4 aromatic rings. The Morgan fingerprint density at radius 1 is 0.974 bits per heavy atom. The third kappa shape index (κ3) is 6.37. The molecule has 0 unspecified atom stereocenters. The number of nitrogens with one attached hydrogen (secondary N) is 2. The van der Waals surface area contributed by atoms with E-state index in [1.54, 1.807) is 48.5 Å². The van der Waals surface area contributed by atoms with Crippen molar-refractivity contribution in [3.63, 3.8) is 0 Å². The van der Waals surface area contributed by atoms with Crippen LogP contribution in [-0.2, 0) is 21.4 Å². The molecule has 0 aliphatic rings. The highest BCUT2D eigenvalue weighted by Crippen LogP contribution is 2.29. The first-order valence-electron chi connectivity index (χ1n) is 11.3. The van der Waals surface area contributed by atoms with Gasteiger partial charge in [0, 0.05) is 17.7 Å². The van der Waals surface area contributed by atoms with E-state index in [2.05, 4.69) is 5.32 Å². The molecule has 1 amide bonds. The van der Waals surface area contributed by atoms with Crippen LogP contribution in [0.25, 0.3) is 10.8 Å². The van der Waals surface area contributed by atoms with Crippen LogP contribution in [0.3, 0.4) is 0 Å². The predicted molar refractivity (Wildman–Crippen MR) is 145 cm³/mol. The van der Waals surface area contributed by atoms with Crippen LogP contribution in [0.4, 0.5) is 10.1 Å². The summed E-state index contributed by atoms with van der Waals surface area (Å²) in [5, 5.41) is 20.7. The number of amidine groups is 1. The van der Waals surface area contributed by atoms with Gasteiger partial charge in [0.05, 0.1) is 10.6 Å². The van der Waals surface area contributed by atoms with Gasteiger partial charge in [0.15, 0.2) is 0 Å². The fraction of sp³-hybridized carbons (Fsp3) is 0.0741. The van der Waals surface area contributed by atoms with Gasteiger partial charge >= 0.3 is 5.97 Å². The van der Waals surface area contributed by atoms with Crippen molar-refractivity contribution in [1.82, 2.24) is 5.32 Å². The summed E-state index contributed by atoms with van der Waals surface area (Å²) in [6.45, 7) is -0.623. The summed E-state index contributed by atoms with van der Waals surface area (Å²) < 4.78 is 40.5. The first-order valence-corrected chi connectivity index (χ1v) is 12.7. The first kappa shape index (κ1) is 28.8. The van der Waals surface area contributed by atoms with E-state index in [1.807, 2.05) is 0 Å². The summed E-state index contributed by atoms with van der Waals surface area (Å²) in [5.74, 6) is -2.41. The average Bonchev–Trinajstić information content (AvgIpc) is 2.90. The number of benzene rings is 4. The number of carboxylic acid groups (broad SMARTS) is 1. The molecule has 0 fully saturated rings. The Hall–Kier alpha value is -4.81. The van der Waals surface area contributed by atoms with Crippen LogP contribution in [0.1, 0.15) is 21.5 Å². The fourth-order valence-electron chi connectivity index (χ4n) is 3.88. The first-order chi connectivity index (χ1) is 18.1. The largest absolute Gasteiger partial charge is 0.480 e. The van der Waals surface area contributed by atoms with Crippen LogP contribution < -0.4 is 15.4 Å². The lowest BCUT2D eigenvalue weighted by Gasteiger charge is -2.23. The van der Waals surface area contributed by atoms with Crippen molar-refractivity contribution in [2.45, 2.75) is 11.4 Å². The Balaban J connectivity index is 0.00000420. The molecular weight excluding hydrogens is 527 g/mol. The number of aliphatic carboxylic acids is 1. The summed E-state index contributed by atoms with van der Waals surface area (Å²) in [4.78, 5) is 24.2. The maximum absolute atomic E-state index is 13.3. The van der Waals surface area contributed by atoms with Crippen LogP contribution in [-0.4, -0.2) is 43.3 Å². The maximum atomic E-state index is 13.3. The number of nitrogens with two attached hydrogens (primary N) is 1. The molecule has 0 aliphatic heterocycles. The lowest BCUT2D eigenvalue weighted by molar-refractivity contribution is -0.135. The molecule has 39 heavy (non-hydrogen) atoms. The number of anilines is 1. The van der Waals surface area contributed by atoms with E-state index in [1.165, 1.54) is 12.1 Å². The molecular formula is C27H25FN4O6S. The third-order valence-electron chi connectivity index (χ3n) is 5.80. The summed E-state index contributed by atoms with van der Waals surface area (Å²) >= 11 is 0. The van der Waals surface area contributed by atoms with Crippen LogP contribution in [0.2, 0.25) is 0 Å². The second-order valence-corrected chi connectivity index (χ2v) is 10.2. The second kappa shape index (κ2) is 11.7. The van der Waals surface area contributed by atoms with E-state index in [4.69, 9.17) is 11.1 Å². The number of rotatable bonds is 9. The van der Waals surface area contributed by atoms with Crippen molar-refractivity contribution in [3.8, 4) is 0 Å². The molecule has 0 heterocycles. The fourth-order valence-corrected chi connectivity index (χ4v) is 5.28. The third-order valence-corrected chi connectivity index (χ3v) is 7.58. The number of carboxylic acids is 1. The smallest absolute Gasteiger partial charge is 0.324 e. The zero-order valence-electron chi connectivity index (χ0n) is 20.4. The van der Waals surface area contributed by atoms with Crippen LogP contribution in [0, 0.1) is 11.2 Å². The summed E-state index contributed by atoms with van der Waals surface area (Å²) in [6.07, 6.45) is 0. The summed E-state index contributed by atoms with van der Waals surface area (Å²) in [6, 6.07) is 20.4. The Kier molecular flexibility index (Phi) is 8.64. The molecule has 7 N–H and O–H groups in total. The number of hydrogen-bond acceptors (Lipinski definition) is 5. The van der Waals surface area contributed by atoms with Gasteiger partial charge in [-0.2, -0.15) is 0 Å². The minimum atomic E-state index is -4.32. The molecule has 202 valence electrons. The van der Waals surface area contributed by atoms with E-state index in [9.17, 15) is 27.5 Å². The van der Waals surface area contributed by atoms with Gasteiger partial charge in [-0.25, -0.2) is 12.8 Å². The van der Waals surface area contributed by atoms with Crippen molar-refractivity contribution in [3.05, 3.63) is 107 Å². The van der Waals surface area contributed by atoms with E-state index >= 15 is 0 Å². The number of amides is 1. The van der Waals surface area contributed by atoms with E-state index < -0.39 is 28.4 Å². The number of sulfonamides is 1. The highest BCUT2D eigenvalue weighted by molar-refractivity contribution is 7.92. The second-order valence-electron chi connectivity index (χ2n) is 8.36. The molecule has 0 spiro atoms. The molecule has 0 aromatic heterocycles. The lowest BCUT2D eigenvalue weighted by Crippen LogP contribution is -2.35. The molecule has 0 saturated carbocycles. The van der Waals surface area contributed by atoms with E-state index in [-0.39, 0.29) is 34.3 Å². The Labute approximate surface area is 223 Å². The number of carbonyl (C=O) groups excluding carboxylic acids is 1. The van der Waals surface area contributed by atoms with Gasteiger partial charge in [0.2, 0.25) is 0 Å². The molecule has 4 aromatic carbocycles. The topological polar surface area (TPSA) is 185 Å². The van der Waals surface area contributed by atoms with Gasteiger partial charge in [0.25, 0.3) is 15.9 Å². The van der Waals surface area contributed by atoms with Gasteiger partial charge in [0.1, 0.15) is 18.2 Å². The standard InChI is InChI=1S/C27H23FN4O5S.H2O/c28-20-8-11-22(12-9-20)38(36,37)32(16-25(33)34)21-10-13-23-19(14-21)2-1-3-24(23)27(35)31-15-17-4-6-18(7-5-17)26(29)30;/h1-14H,15-16H2,(H3,29,30)(H,31,35)(H,33,34);1H2. The Morgan fingerprint density at radius 3 is 2.26 bits per heavy atom. The minimum Gasteiger partial charge on any atom is -0.480 e. The van der Waals surface area contributed by atoms with Crippen LogP contribution >= 0.6 is 0 Å². The minimum absolute atomic E-state index is 0. The van der Waals surface area contributed by atoms with Crippen molar-refractivity contribution in [2.24, 2.45) is 5.73 Å². The predicted octanol–water partition coefficient (Wildman–Crippen LogP) is 2.65. The average molecular weight is 553 g/mol. The number of fused-ring (bicyclic) bond motifs is 1. The number of nitrogens with zero attached hydrogens (tertiary/aromatic N) is 1. The normalized spacial score (nSPS) is 10.9. The quantitative estimate of drug-likeness (QED) is 0.183. The number of carbonyl (C=O) groups is 2. The molecule has 0 aliphatic carbocycles. The molecule has 12 heteroatoms. The van der Waals surface area contributed by atoms with Gasteiger partial charge in [-0.1, -0.05) is 42.5 Å². The van der Waals surface area contributed by atoms with Gasteiger partial charge < -0.3 is 21.6 Å². The molecule has 0 atom stereocenters. The summed E-state index contributed by atoms with van der Waals surface area (Å²) in [7, 11) is -4.32. The van der Waals surface area contributed by atoms with Crippen LogP contribution in [0.5, 0.6) is 0 Å². The molecule has 0 bridgehead atoms. The lowest BCUT2D eigenvalue weighted by atomic mass is 10.0. The Morgan fingerprint density at radius 2 is 1.64 bits per heavy atom. The van der Waals surface area contributed by atoms with Crippen LogP contribution in [0.15, 0.2) is 89.8 Å².